The molecule has 0 spiro atoms. The summed E-state index contributed by atoms with van der Waals surface area (Å²) < 4.78 is 0. The highest BCUT2D eigenvalue weighted by molar-refractivity contribution is 5.94. The van der Waals surface area contributed by atoms with Gasteiger partial charge in [0.15, 0.2) is 0 Å². The third kappa shape index (κ3) is 10.2. The highest BCUT2D eigenvalue weighted by Gasteiger charge is 2.18. The predicted octanol–water partition coefficient (Wildman–Crippen LogP) is -0.201. The Hall–Kier alpha value is -2.29. The molecule has 0 aliphatic carbocycles. The lowest BCUT2D eigenvalue weighted by molar-refractivity contribution is -0.231. The highest BCUT2D eigenvalue weighted by atomic mass is 17.1. The summed E-state index contributed by atoms with van der Waals surface area (Å²) in [5.74, 6) is -2.30. The van der Waals surface area contributed by atoms with Crippen LogP contribution in [0.2, 0.25) is 0 Å². The standard InChI is InChI=1S/C10H16N2O4.C2H4O3/c1-7(13)11(8(2)14)5-6-12(9(3)15)10(4)16;1-2(3)5-4/h5-6H2,1-4H3;4H,1H3. The van der Waals surface area contributed by atoms with Crippen LogP contribution in [-0.2, 0) is 28.9 Å². The molecular formula is C12H20N2O7. The van der Waals surface area contributed by atoms with Crippen molar-refractivity contribution >= 4 is 29.6 Å². The fourth-order valence-electron chi connectivity index (χ4n) is 1.27. The molecule has 0 radical (unpaired) electrons. The molecule has 0 unspecified atom stereocenters. The van der Waals surface area contributed by atoms with Crippen molar-refractivity contribution in [1.82, 2.24) is 9.80 Å². The lowest BCUT2D eigenvalue weighted by Gasteiger charge is -2.22. The maximum Gasteiger partial charge on any atom is 0.339 e. The lowest BCUT2D eigenvalue weighted by atomic mass is 10.4. The average Bonchev–Trinajstić information content (AvgIpc) is 2.33. The van der Waals surface area contributed by atoms with E-state index in [0.717, 1.165) is 16.7 Å². The Morgan fingerprint density at radius 1 is 0.714 bits per heavy atom. The van der Waals surface area contributed by atoms with Gasteiger partial charge in [-0.25, -0.2) is 4.79 Å². The zero-order valence-corrected chi connectivity index (χ0v) is 12.7. The van der Waals surface area contributed by atoms with Crippen LogP contribution in [0.4, 0.5) is 0 Å². The van der Waals surface area contributed by atoms with Crippen molar-refractivity contribution in [3.05, 3.63) is 0 Å². The van der Waals surface area contributed by atoms with Crippen molar-refractivity contribution in [2.24, 2.45) is 0 Å². The van der Waals surface area contributed by atoms with Crippen LogP contribution in [0.25, 0.3) is 0 Å². The summed E-state index contributed by atoms with van der Waals surface area (Å²) in [5, 5.41) is 7.29. The molecule has 0 aromatic rings. The number of imide groups is 2. The van der Waals surface area contributed by atoms with Gasteiger partial charge in [-0.05, 0) is 0 Å². The second kappa shape index (κ2) is 10.5. The minimum Gasteiger partial charge on any atom is -0.301 e. The first-order chi connectivity index (χ1) is 9.54. The van der Waals surface area contributed by atoms with E-state index in [1.165, 1.54) is 27.7 Å². The molecular weight excluding hydrogens is 284 g/mol. The van der Waals surface area contributed by atoms with Crippen LogP contribution in [0.3, 0.4) is 0 Å². The molecule has 0 bridgehead atoms. The maximum atomic E-state index is 11.1. The summed E-state index contributed by atoms with van der Waals surface area (Å²) >= 11 is 0. The fraction of sp³-hybridized carbons (Fsp3) is 0.583. The van der Waals surface area contributed by atoms with Crippen molar-refractivity contribution < 1.29 is 34.1 Å². The molecule has 21 heavy (non-hydrogen) atoms. The Labute approximate surface area is 122 Å². The molecule has 0 aromatic carbocycles. The van der Waals surface area contributed by atoms with E-state index in [4.69, 9.17) is 5.26 Å². The predicted molar refractivity (Wildman–Crippen MR) is 70.5 cm³/mol. The third-order valence-corrected chi connectivity index (χ3v) is 2.20. The zero-order chi connectivity index (χ0) is 17.2. The Morgan fingerprint density at radius 3 is 1.00 bits per heavy atom. The maximum absolute atomic E-state index is 11.1. The van der Waals surface area contributed by atoms with Crippen molar-refractivity contribution in [2.75, 3.05) is 13.1 Å². The van der Waals surface area contributed by atoms with E-state index in [1.807, 2.05) is 0 Å². The molecule has 0 rings (SSSR count). The highest BCUT2D eigenvalue weighted by Crippen LogP contribution is 1.96. The molecule has 0 saturated heterocycles. The summed E-state index contributed by atoms with van der Waals surface area (Å²) in [6.07, 6.45) is 0. The molecule has 9 heteroatoms. The fourth-order valence-corrected chi connectivity index (χ4v) is 1.27. The van der Waals surface area contributed by atoms with E-state index in [2.05, 4.69) is 4.89 Å². The monoisotopic (exact) mass is 304 g/mol. The van der Waals surface area contributed by atoms with Gasteiger partial charge in [-0.3, -0.25) is 29.0 Å². The van der Waals surface area contributed by atoms with Crippen LogP contribution >= 0.6 is 0 Å². The number of hydrogen-bond acceptors (Lipinski definition) is 7. The van der Waals surface area contributed by atoms with Crippen molar-refractivity contribution in [2.45, 2.75) is 34.6 Å². The zero-order valence-electron chi connectivity index (χ0n) is 12.7. The summed E-state index contributed by atoms with van der Waals surface area (Å²) in [6.45, 7) is 6.20. The van der Waals surface area contributed by atoms with Crippen LogP contribution in [0.5, 0.6) is 0 Å². The van der Waals surface area contributed by atoms with Crippen LogP contribution in [0.15, 0.2) is 0 Å². The van der Waals surface area contributed by atoms with Gasteiger partial charge in [0, 0.05) is 47.7 Å². The molecule has 120 valence electrons. The quantitative estimate of drug-likeness (QED) is 0.566. The van der Waals surface area contributed by atoms with Crippen molar-refractivity contribution in [3.8, 4) is 0 Å². The topological polar surface area (TPSA) is 121 Å². The van der Waals surface area contributed by atoms with Gasteiger partial charge in [0.05, 0.1) is 0 Å². The summed E-state index contributed by atoms with van der Waals surface area (Å²) in [4.78, 5) is 58.6. The molecule has 0 heterocycles. The van der Waals surface area contributed by atoms with E-state index < -0.39 is 29.6 Å². The van der Waals surface area contributed by atoms with Gasteiger partial charge in [-0.1, -0.05) is 0 Å². The van der Waals surface area contributed by atoms with E-state index in [0.29, 0.717) is 0 Å². The van der Waals surface area contributed by atoms with Crippen LogP contribution in [-0.4, -0.2) is 57.7 Å². The molecule has 0 fully saturated rings. The van der Waals surface area contributed by atoms with Crippen LogP contribution in [0, 0.1) is 0 Å². The molecule has 9 nitrogen and oxygen atoms in total. The molecule has 1 N–H and O–H groups in total. The summed E-state index contributed by atoms with van der Waals surface area (Å²) in [5.41, 5.74) is 0. The van der Waals surface area contributed by atoms with Gasteiger partial charge in [0.25, 0.3) is 0 Å². The Kier molecular flexibility index (Phi) is 10.5. The van der Waals surface area contributed by atoms with Crippen LogP contribution < -0.4 is 0 Å². The smallest absolute Gasteiger partial charge is 0.301 e. The third-order valence-electron chi connectivity index (χ3n) is 2.20. The number of nitrogens with zero attached hydrogens (tertiary/aromatic N) is 2. The summed E-state index contributed by atoms with van der Waals surface area (Å²) in [7, 11) is 0. The minimum absolute atomic E-state index is 0.0316. The van der Waals surface area contributed by atoms with Gasteiger partial charge in [-0.2, -0.15) is 5.26 Å². The Balaban J connectivity index is 0. The number of carbonyl (C=O) groups excluding carboxylic acids is 5. The number of amides is 4. The lowest BCUT2D eigenvalue weighted by Crippen LogP contribution is -2.43. The first-order valence-electron chi connectivity index (χ1n) is 5.93. The first-order valence-corrected chi connectivity index (χ1v) is 5.93. The molecule has 0 aliphatic rings. The number of hydrogen-bond donors (Lipinski definition) is 1. The van der Waals surface area contributed by atoms with E-state index in [9.17, 15) is 24.0 Å². The van der Waals surface area contributed by atoms with Crippen LogP contribution in [0.1, 0.15) is 34.6 Å². The second-order valence-electron chi connectivity index (χ2n) is 3.96. The van der Waals surface area contributed by atoms with E-state index in [-0.39, 0.29) is 13.1 Å². The van der Waals surface area contributed by atoms with Gasteiger partial charge in [0.2, 0.25) is 23.6 Å². The molecule has 0 saturated carbocycles. The van der Waals surface area contributed by atoms with E-state index >= 15 is 0 Å². The summed E-state index contributed by atoms with van der Waals surface area (Å²) in [6, 6.07) is 0. The average molecular weight is 304 g/mol. The van der Waals surface area contributed by atoms with Crippen molar-refractivity contribution in [3.63, 3.8) is 0 Å². The molecule has 0 aromatic heterocycles. The number of carbonyl (C=O) groups is 5. The molecule has 0 atom stereocenters. The van der Waals surface area contributed by atoms with Gasteiger partial charge >= 0.3 is 5.97 Å². The Morgan fingerprint density at radius 2 is 0.905 bits per heavy atom. The SMILES string of the molecule is CC(=O)N(CCN(C(C)=O)C(C)=O)C(C)=O.CC(=O)OO. The van der Waals surface area contributed by atoms with Gasteiger partial charge in [-0.15, -0.1) is 0 Å². The largest absolute Gasteiger partial charge is 0.339 e. The molecule has 4 amide bonds. The second-order valence-corrected chi connectivity index (χ2v) is 3.96. The normalized spacial score (nSPS) is 8.86. The van der Waals surface area contributed by atoms with Gasteiger partial charge in [0.1, 0.15) is 0 Å². The minimum atomic E-state index is -0.690. The van der Waals surface area contributed by atoms with Crippen molar-refractivity contribution in [1.29, 1.82) is 0 Å². The number of rotatable bonds is 3. The van der Waals surface area contributed by atoms with E-state index in [1.54, 1.807) is 0 Å². The van der Waals surface area contributed by atoms with Gasteiger partial charge < -0.3 is 4.89 Å². The Bertz CT molecular complexity index is 360. The molecule has 0 aliphatic heterocycles. The first kappa shape index (κ1) is 21.0.